The molecule has 3 aliphatic carbocycles. The molecule has 2 bridgehead atoms. The molecule has 144 valence electrons. The van der Waals surface area contributed by atoms with E-state index in [1.165, 1.54) is 6.42 Å². The molecule has 0 aromatic heterocycles. The number of rotatable bonds is 3. The van der Waals surface area contributed by atoms with Crippen LogP contribution in [-0.4, -0.2) is 42.0 Å². The highest BCUT2D eigenvalue weighted by Crippen LogP contribution is 2.65. The van der Waals surface area contributed by atoms with E-state index in [0.717, 1.165) is 25.2 Å². The van der Waals surface area contributed by atoms with E-state index < -0.39 is 12.1 Å². The predicted molar refractivity (Wildman–Crippen MR) is 86.7 cm³/mol. The van der Waals surface area contributed by atoms with E-state index >= 15 is 0 Å². The molecular weight excluding hydrogens is 338 g/mol. The fourth-order valence-corrected chi connectivity index (χ4v) is 4.55. The van der Waals surface area contributed by atoms with Crippen LogP contribution in [0.2, 0.25) is 0 Å². The van der Waals surface area contributed by atoms with Gasteiger partial charge in [0.25, 0.3) is 0 Å². The number of carbonyl (C=O) groups is 1. The van der Waals surface area contributed by atoms with E-state index in [4.69, 9.17) is 24.9 Å². The minimum absolute atomic E-state index is 0.0257. The Morgan fingerprint density at radius 1 is 1.36 bits per heavy atom. The number of hydrogen-bond donors (Lipinski definition) is 2. The molecule has 0 aromatic carbocycles. The number of alkyl halides is 3. The van der Waals surface area contributed by atoms with Gasteiger partial charge in [-0.15, -0.1) is 0 Å². The van der Waals surface area contributed by atoms with E-state index in [9.17, 15) is 13.2 Å². The van der Waals surface area contributed by atoms with Crippen LogP contribution in [0, 0.1) is 17.3 Å². The quantitative estimate of drug-likeness (QED) is 0.752. The van der Waals surface area contributed by atoms with Gasteiger partial charge in [-0.2, -0.15) is 13.2 Å². The monoisotopic (exact) mass is 365 g/mol. The molecule has 4 aliphatic rings. The molecule has 1 saturated heterocycles. The Kier molecular flexibility index (Phi) is 5.53. The Morgan fingerprint density at radius 2 is 1.92 bits per heavy atom. The number of halogens is 3. The van der Waals surface area contributed by atoms with Crippen molar-refractivity contribution in [1.29, 1.82) is 0 Å². The zero-order valence-corrected chi connectivity index (χ0v) is 15.1. The molecule has 25 heavy (non-hydrogen) atoms. The van der Waals surface area contributed by atoms with Crippen LogP contribution in [0.1, 0.15) is 53.4 Å². The number of nitrogens with two attached hydrogens (primary N) is 1. The minimum Gasteiger partial charge on any atom is -0.475 e. The van der Waals surface area contributed by atoms with Crippen molar-refractivity contribution in [2.75, 3.05) is 0 Å². The summed E-state index contributed by atoms with van der Waals surface area (Å²) in [6, 6.07) is 0. The summed E-state index contributed by atoms with van der Waals surface area (Å²) >= 11 is 0. The molecule has 0 unspecified atom stereocenters. The van der Waals surface area contributed by atoms with Crippen LogP contribution in [0.5, 0.6) is 0 Å². The van der Waals surface area contributed by atoms with Crippen molar-refractivity contribution in [3.8, 4) is 0 Å². The molecule has 0 amide bonds. The van der Waals surface area contributed by atoms with Crippen LogP contribution in [0.25, 0.3) is 0 Å². The Hall–Kier alpha value is -0.795. The highest BCUT2D eigenvalue weighted by molar-refractivity contribution is 6.47. The average molecular weight is 365 g/mol. The third-order valence-corrected chi connectivity index (χ3v) is 6.18. The second-order valence-electron chi connectivity index (χ2n) is 8.09. The van der Waals surface area contributed by atoms with Gasteiger partial charge in [0, 0.05) is 5.94 Å². The molecular formula is C16H27BF3NO4. The first-order valence-electron chi connectivity index (χ1n) is 8.73. The van der Waals surface area contributed by atoms with Crippen molar-refractivity contribution in [3.05, 3.63) is 0 Å². The van der Waals surface area contributed by atoms with Gasteiger partial charge in [0.15, 0.2) is 0 Å². The molecule has 0 radical (unpaired) electrons. The van der Waals surface area contributed by atoms with Gasteiger partial charge in [-0.3, -0.25) is 0 Å². The first kappa shape index (κ1) is 20.5. The summed E-state index contributed by atoms with van der Waals surface area (Å²) in [5.41, 5.74) is 6.49. The van der Waals surface area contributed by atoms with E-state index in [1.54, 1.807) is 0 Å². The fourth-order valence-electron chi connectivity index (χ4n) is 4.55. The summed E-state index contributed by atoms with van der Waals surface area (Å²) < 4.78 is 44.2. The Balaban J connectivity index is 0.000000277. The predicted octanol–water partition coefficient (Wildman–Crippen LogP) is 3.01. The number of carboxylic acids is 1. The van der Waals surface area contributed by atoms with Crippen LogP contribution in [0.3, 0.4) is 0 Å². The smallest absolute Gasteiger partial charge is 0.475 e. The van der Waals surface area contributed by atoms with Gasteiger partial charge in [-0.1, -0.05) is 27.2 Å². The van der Waals surface area contributed by atoms with Crippen molar-refractivity contribution < 1.29 is 32.4 Å². The zero-order chi connectivity index (χ0) is 19.2. The summed E-state index contributed by atoms with van der Waals surface area (Å²) in [4.78, 5) is 8.90. The highest BCUT2D eigenvalue weighted by Gasteiger charge is 2.68. The van der Waals surface area contributed by atoms with Gasteiger partial charge in [0.05, 0.1) is 11.7 Å². The second-order valence-corrected chi connectivity index (χ2v) is 8.09. The van der Waals surface area contributed by atoms with Crippen LogP contribution in [-0.2, 0) is 14.1 Å². The normalized spacial score (nSPS) is 36.6. The van der Waals surface area contributed by atoms with Gasteiger partial charge < -0.3 is 20.1 Å². The summed E-state index contributed by atoms with van der Waals surface area (Å²) in [7, 11) is -0.185. The summed E-state index contributed by atoms with van der Waals surface area (Å²) in [5.74, 6) is -1.29. The van der Waals surface area contributed by atoms with E-state index in [0.29, 0.717) is 11.3 Å². The Labute approximate surface area is 146 Å². The van der Waals surface area contributed by atoms with E-state index in [2.05, 4.69) is 27.7 Å². The van der Waals surface area contributed by atoms with Gasteiger partial charge in [-0.25, -0.2) is 4.79 Å². The Morgan fingerprint density at radius 3 is 2.36 bits per heavy atom. The van der Waals surface area contributed by atoms with Crippen LogP contribution in [0.15, 0.2) is 0 Å². The number of aliphatic carboxylic acids is 1. The average Bonchev–Trinajstić information content (AvgIpc) is 2.84. The maximum absolute atomic E-state index is 10.6. The number of carboxylic acid groups (broad SMARTS) is 1. The molecule has 0 aromatic rings. The summed E-state index contributed by atoms with van der Waals surface area (Å²) in [6.45, 7) is 9.17. The maximum Gasteiger partial charge on any atom is 0.490 e. The molecule has 3 N–H and O–H groups in total. The molecule has 5 nitrogen and oxygen atoms in total. The zero-order valence-electron chi connectivity index (χ0n) is 15.1. The van der Waals surface area contributed by atoms with Crippen molar-refractivity contribution in [3.63, 3.8) is 0 Å². The first-order chi connectivity index (χ1) is 11.3. The molecule has 4 rings (SSSR count). The molecule has 9 heteroatoms. The van der Waals surface area contributed by atoms with Crippen molar-refractivity contribution in [2.24, 2.45) is 23.0 Å². The SMILES string of the molecule is CCC[C@H](N)B1O[C@H]2C[C@H]3C[C@H](C3(C)C)[C@@]2(C)O1.O=C(O)C(F)(F)F. The molecule has 1 aliphatic heterocycles. The topological polar surface area (TPSA) is 81.8 Å². The van der Waals surface area contributed by atoms with Crippen molar-refractivity contribution in [1.82, 2.24) is 0 Å². The largest absolute Gasteiger partial charge is 0.490 e. The van der Waals surface area contributed by atoms with Gasteiger partial charge >= 0.3 is 19.3 Å². The lowest BCUT2D eigenvalue weighted by molar-refractivity contribution is -0.199. The molecule has 0 spiro atoms. The highest BCUT2D eigenvalue weighted by atomic mass is 19.4. The summed E-state index contributed by atoms with van der Waals surface area (Å²) in [6.07, 6.45) is -0.301. The third-order valence-electron chi connectivity index (χ3n) is 6.18. The lowest BCUT2D eigenvalue weighted by Gasteiger charge is -2.64. The standard InChI is InChI=1S/C14H26BNO2.C2HF3O2/c1-5-6-12(16)15-17-11-8-9-7-10(13(9,2)3)14(11,4)18-15;3-2(4,5)1(6)7/h9-12H,5-8,16H2,1-4H3;(H,6,7)/t9-,10-,11+,12+,14-;/m1./s1. The van der Waals surface area contributed by atoms with Crippen LogP contribution >= 0.6 is 0 Å². The molecule has 4 fully saturated rings. The minimum atomic E-state index is -5.08. The molecule has 5 atom stereocenters. The fraction of sp³-hybridized carbons (Fsp3) is 0.938. The van der Waals surface area contributed by atoms with Gasteiger partial charge in [-0.05, 0) is 43.4 Å². The molecule has 3 saturated carbocycles. The Bertz CT molecular complexity index is 516. The van der Waals surface area contributed by atoms with Crippen LogP contribution < -0.4 is 5.73 Å². The van der Waals surface area contributed by atoms with Gasteiger partial charge in [0.2, 0.25) is 0 Å². The molecule has 1 heterocycles. The third kappa shape index (κ3) is 3.69. The number of hydrogen-bond acceptors (Lipinski definition) is 4. The summed E-state index contributed by atoms with van der Waals surface area (Å²) in [5, 5.41) is 7.12. The van der Waals surface area contributed by atoms with Crippen molar-refractivity contribution >= 4 is 13.1 Å². The van der Waals surface area contributed by atoms with E-state index in [-0.39, 0.29) is 24.8 Å². The maximum atomic E-state index is 10.6. The van der Waals surface area contributed by atoms with Gasteiger partial charge in [0.1, 0.15) is 0 Å². The van der Waals surface area contributed by atoms with E-state index in [1.807, 2.05) is 0 Å². The first-order valence-corrected chi connectivity index (χ1v) is 8.73. The van der Waals surface area contributed by atoms with Crippen molar-refractivity contribution in [2.45, 2.75) is 77.2 Å². The lowest BCUT2D eigenvalue weighted by atomic mass is 9.43. The lowest BCUT2D eigenvalue weighted by Crippen LogP contribution is -2.65. The second kappa shape index (κ2) is 6.74. The van der Waals surface area contributed by atoms with Crippen LogP contribution in [0.4, 0.5) is 13.2 Å².